The summed E-state index contributed by atoms with van der Waals surface area (Å²) in [6, 6.07) is 7.65. The van der Waals surface area contributed by atoms with Gasteiger partial charge in [0.1, 0.15) is 0 Å². The SMILES string of the molecule is CSCC(C)C(=O)NC1c2ccccc2CC1O. The maximum Gasteiger partial charge on any atom is 0.224 e. The predicted octanol–water partition coefficient (Wildman–Crippen LogP) is 1.76. The zero-order valence-electron chi connectivity index (χ0n) is 10.7. The first-order valence-corrected chi connectivity index (χ1v) is 7.58. The van der Waals surface area contributed by atoms with E-state index < -0.39 is 6.10 Å². The number of fused-ring (bicyclic) bond motifs is 1. The van der Waals surface area contributed by atoms with Gasteiger partial charge in [-0.25, -0.2) is 0 Å². The molecule has 1 amide bonds. The van der Waals surface area contributed by atoms with Crippen LogP contribution < -0.4 is 5.32 Å². The van der Waals surface area contributed by atoms with E-state index in [0.29, 0.717) is 6.42 Å². The highest BCUT2D eigenvalue weighted by Gasteiger charge is 2.32. The number of benzene rings is 1. The minimum absolute atomic E-state index is 0.0186. The molecule has 18 heavy (non-hydrogen) atoms. The van der Waals surface area contributed by atoms with Crippen LogP contribution in [0.5, 0.6) is 0 Å². The second kappa shape index (κ2) is 5.76. The Morgan fingerprint density at radius 1 is 1.56 bits per heavy atom. The molecule has 0 saturated heterocycles. The van der Waals surface area contributed by atoms with E-state index in [2.05, 4.69) is 5.32 Å². The molecule has 1 aromatic carbocycles. The van der Waals surface area contributed by atoms with E-state index in [4.69, 9.17) is 0 Å². The first-order valence-electron chi connectivity index (χ1n) is 6.18. The molecule has 2 N–H and O–H groups in total. The average Bonchev–Trinajstić information content (AvgIpc) is 2.66. The summed E-state index contributed by atoms with van der Waals surface area (Å²) in [6.07, 6.45) is 2.11. The van der Waals surface area contributed by atoms with Gasteiger partial charge in [0.25, 0.3) is 0 Å². The Morgan fingerprint density at radius 3 is 3.00 bits per heavy atom. The summed E-state index contributed by atoms with van der Waals surface area (Å²) < 4.78 is 0. The highest BCUT2D eigenvalue weighted by Crippen LogP contribution is 2.31. The van der Waals surface area contributed by atoms with Gasteiger partial charge < -0.3 is 10.4 Å². The van der Waals surface area contributed by atoms with Crippen molar-refractivity contribution in [3.63, 3.8) is 0 Å². The highest BCUT2D eigenvalue weighted by atomic mass is 32.2. The van der Waals surface area contributed by atoms with Crippen molar-refractivity contribution in [2.24, 2.45) is 5.92 Å². The van der Waals surface area contributed by atoms with E-state index in [1.807, 2.05) is 37.4 Å². The molecule has 2 rings (SSSR count). The van der Waals surface area contributed by atoms with Gasteiger partial charge in [0.05, 0.1) is 12.1 Å². The second-order valence-corrected chi connectivity index (χ2v) is 5.72. The van der Waals surface area contributed by atoms with Crippen LogP contribution in [0.3, 0.4) is 0 Å². The number of rotatable bonds is 4. The van der Waals surface area contributed by atoms with Crippen LogP contribution in [0.15, 0.2) is 24.3 Å². The number of aliphatic hydroxyl groups excluding tert-OH is 1. The number of thioether (sulfide) groups is 1. The van der Waals surface area contributed by atoms with Gasteiger partial charge in [-0.2, -0.15) is 11.8 Å². The molecule has 0 spiro atoms. The molecule has 3 unspecified atom stereocenters. The number of carbonyl (C=O) groups excluding carboxylic acids is 1. The van der Waals surface area contributed by atoms with Crippen LogP contribution in [0.2, 0.25) is 0 Å². The quantitative estimate of drug-likeness (QED) is 0.872. The van der Waals surface area contributed by atoms with Crippen LogP contribution in [0, 0.1) is 5.92 Å². The maximum absolute atomic E-state index is 12.0. The molecule has 3 atom stereocenters. The summed E-state index contributed by atoms with van der Waals surface area (Å²) in [4.78, 5) is 12.0. The Labute approximate surface area is 112 Å². The van der Waals surface area contributed by atoms with Crippen molar-refractivity contribution >= 4 is 17.7 Å². The summed E-state index contributed by atoms with van der Waals surface area (Å²) in [5, 5.41) is 13.0. The van der Waals surface area contributed by atoms with Gasteiger partial charge in [0.15, 0.2) is 0 Å². The summed E-state index contributed by atoms with van der Waals surface area (Å²) in [5.74, 6) is 0.793. The minimum atomic E-state index is -0.507. The van der Waals surface area contributed by atoms with Crippen molar-refractivity contribution in [2.45, 2.75) is 25.5 Å². The van der Waals surface area contributed by atoms with E-state index in [-0.39, 0.29) is 17.9 Å². The minimum Gasteiger partial charge on any atom is -0.390 e. The van der Waals surface area contributed by atoms with Gasteiger partial charge in [0, 0.05) is 18.1 Å². The summed E-state index contributed by atoms with van der Waals surface area (Å²) in [7, 11) is 0. The molecule has 4 heteroatoms. The van der Waals surface area contributed by atoms with Crippen LogP contribution >= 0.6 is 11.8 Å². The normalized spacial score (nSPS) is 23.5. The van der Waals surface area contributed by atoms with Crippen molar-refractivity contribution < 1.29 is 9.90 Å². The van der Waals surface area contributed by atoms with Gasteiger partial charge in [-0.15, -0.1) is 0 Å². The van der Waals surface area contributed by atoms with Crippen LogP contribution in [0.25, 0.3) is 0 Å². The molecule has 98 valence electrons. The Hall–Kier alpha value is -1.00. The topological polar surface area (TPSA) is 49.3 Å². The van der Waals surface area contributed by atoms with Gasteiger partial charge in [0.2, 0.25) is 5.91 Å². The molecule has 0 radical (unpaired) electrons. The summed E-state index contributed by atoms with van der Waals surface area (Å²) in [6.45, 7) is 1.92. The molecule has 0 aliphatic heterocycles. The molecular weight excluding hydrogens is 246 g/mol. The lowest BCUT2D eigenvalue weighted by molar-refractivity contribution is -0.125. The number of hydrogen-bond donors (Lipinski definition) is 2. The van der Waals surface area contributed by atoms with Crippen molar-refractivity contribution in [1.82, 2.24) is 5.32 Å². The third-order valence-electron chi connectivity index (χ3n) is 3.37. The lowest BCUT2D eigenvalue weighted by atomic mass is 10.1. The van der Waals surface area contributed by atoms with Crippen LogP contribution in [-0.4, -0.2) is 29.1 Å². The van der Waals surface area contributed by atoms with E-state index in [0.717, 1.165) is 16.9 Å². The van der Waals surface area contributed by atoms with E-state index in [1.165, 1.54) is 0 Å². The van der Waals surface area contributed by atoms with Gasteiger partial charge in [-0.1, -0.05) is 31.2 Å². The molecule has 0 bridgehead atoms. The zero-order valence-corrected chi connectivity index (χ0v) is 11.5. The first kappa shape index (κ1) is 13.4. The Balaban J connectivity index is 2.08. The molecular formula is C14H19NO2S. The van der Waals surface area contributed by atoms with Gasteiger partial charge in [-0.05, 0) is 17.4 Å². The predicted molar refractivity (Wildman–Crippen MR) is 74.6 cm³/mol. The van der Waals surface area contributed by atoms with Crippen LogP contribution in [0.4, 0.5) is 0 Å². The summed E-state index contributed by atoms with van der Waals surface area (Å²) in [5.41, 5.74) is 2.18. The number of hydrogen-bond acceptors (Lipinski definition) is 3. The third kappa shape index (κ3) is 2.70. The molecule has 1 aliphatic rings. The molecule has 1 aliphatic carbocycles. The standard InChI is InChI=1S/C14H19NO2S/c1-9(8-18-2)14(17)15-13-11-6-4-3-5-10(11)7-12(13)16/h3-6,9,12-13,16H,7-8H2,1-2H3,(H,15,17). The molecule has 0 heterocycles. The van der Waals surface area contributed by atoms with Gasteiger partial charge in [-0.3, -0.25) is 4.79 Å². The fourth-order valence-corrected chi connectivity index (χ4v) is 3.02. The van der Waals surface area contributed by atoms with Crippen molar-refractivity contribution in [3.8, 4) is 0 Å². The second-order valence-electron chi connectivity index (χ2n) is 4.81. The number of nitrogens with one attached hydrogen (secondary N) is 1. The summed E-state index contributed by atoms with van der Waals surface area (Å²) >= 11 is 1.66. The monoisotopic (exact) mass is 265 g/mol. The first-order chi connectivity index (χ1) is 8.63. The van der Waals surface area contributed by atoms with Crippen molar-refractivity contribution in [1.29, 1.82) is 0 Å². The maximum atomic E-state index is 12.0. The number of carbonyl (C=O) groups is 1. The smallest absolute Gasteiger partial charge is 0.224 e. The van der Waals surface area contributed by atoms with E-state index in [9.17, 15) is 9.90 Å². The molecule has 0 saturated carbocycles. The Morgan fingerprint density at radius 2 is 2.28 bits per heavy atom. The molecule has 1 aromatic rings. The molecule has 0 fully saturated rings. The Kier molecular flexibility index (Phi) is 4.30. The van der Waals surface area contributed by atoms with E-state index >= 15 is 0 Å². The van der Waals surface area contributed by atoms with E-state index in [1.54, 1.807) is 11.8 Å². The fraction of sp³-hybridized carbons (Fsp3) is 0.500. The Bertz CT molecular complexity index is 436. The van der Waals surface area contributed by atoms with Crippen LogP contribution in [-0.2, 0) is 11.2 Å². The lowest BCUT2D eigenvalue weighted by Gasteiger charge is -2.20. The molecule has 3 nitrogen and oxygen atoms in total. The van der Waals surface area contributed by atoms with Crippen molar-refractivity contribution in [2.75, 3.05) is 12.0 Å². The van der Waals surface area contributed by atoms with Gasteiger partial charge >= 0.3 is 0 Å². The third-order valence-corrected chi connectivity index (χ3v) is 4.20. The molecule has 0 aromatic heterocycles. The number of aliphatic hydroxyl groups is 1. The highest BCUT2D eigenvalue weighted by molar-refractivity contribution is 7.98. The fourth-order valence-electron chi connectivity index (χ4n) is 2.37. The average molecular weight is 265 g/mol. The largest absolute Gasteiger partial charge is 0.390 e. The van der Waals surface area contributed by atoms with Crippen LogP contribution in [0.1, 0.15) is 24.1 Å². The zero-order chi connectivity index (χ0) is 13.1. The van der Waals surface area contributed by atoms with Crippen molar-refractivity contribution in [3.05, 3.63) is 35.4 Å². The number of amides is 1. The lowest BCUT2D eigenvalue weighted by Crippen LogP contribution is -2.37.